The number of nitrogens with one attached hydrogen (secondary N) is 1. The van der Waals surface area contributed by atoms with Crippen molar-refractivity contribution in [3.63, 3.8) is 0 Å². The van der Waals surface area contributed by atoms with E-state index in [0.29, 0.717) is 0 Å². The van der Waals surface area contributed by atoms with Gasteiger partial charge in [-0.3, -0.25) is 4.79 Å². The lowest BCUT2D eigenvalue weighted by atomic mass is 10.1. The summed E-state index contributed by atoms with van der Waals surface area (Å²) >= 11 is 3.42. The molecule has 0 aliphatic heterocycles. The number of benzene rings is 2. The third kappa shape index (κ3) is 6.36. The summed E-state index contributed by atoms with van der Waals surface area (Å²) in [5.74, 6) is 0.542. The van der Waals surface area contributed by atoms with Gasteiger partial charge in [0, 0.05) is 28.3 Å². The van der Waals surface area contributed by atoms with Gasteiger partial charge >= 0.3 is 0 Å². The zero-order valence-electron chi connectivity index (χ0n) is 14.8. The summed E-state index contributed by atoms with van der Waals surface area (Å²) in [6.07, 6.45) is 4.23. The number of halogens is 1. The highest BCUT2D eigenvalue weighted by Crippen LogP contribution is 2.24. The van der Waals surface area contributed by atoms with E-state index in [-0.39, 0.29) is 5.91 Å². The molecule has 2 rings (SSSR count). The Bertz CT molecular complexity index is 740. The molecule has 0 radical (unpaired) electrons. The van der Waals surface area contributed by atoms with E-state index in [1.165, 1.54) is 11.6 Å². The van der Waals surface area contributed by atoms with Crippen LogP contribution in [0.25, 0.3) is 6.08 Å². The first kappa shape index (κ1) is 19.2. The SMILES string of the molecule is COc1ccc(Br)cc1/C=C/C(=O)Nc1ccc(CCN(C)C)cc1. The van der Waals surface area contributed by atoms with Crippen LogP contribution in [0.1, 0.15) is 11.1 Å². The first-order valence-electron chi connectivity index (χ1n) is 8.04. The Balaban J connectivity index is 1.97. The largest absolute Gasteiger partial charge is 0.496 e. The smallest absolute Gasteiger partial charge is 0.248 e. The van der Waals surface area contributed by atoms with Gasteiger partial charge in [0.25, 0.3) is 0 Å². The molecule has 0 fully saturated rings. The molecule has 0 unspecified atom stereocenters. The van der Waals surface area contributed by atoms with E-state index in [0.717, 1.165) is 34.4 Å². The highest BCUT2D eigenvalue weighted by molar-refractivity contribution is 9.10. The Kier molecular flexibility index (Phi) is 7.22. The van der Waals surface area contributed by atoms with E-state index >= 15 is 0 Å². The van der Waals surface area contributed by atoms with E-state index in [1.54, 1.807) is 13.2 Å². The number of rotatable bonds is 7. The number of carbonyl (C=O) groups excluding carboxylic acids is 1. The molecule has 0 aromatic heterocycles. The van der Waals surface area contributed by atoms with Crippen molar-refractivity contribution in [1.82, 2.24) is 4.90 Å². The third-order valence-electron chi connectivity index (χ3n) is 3.68. The molecule has 0 saturated carbocycles. The molecule has 4 nitrogen and oxygen atoms in total. The van der Waals surface area contributed by atoms with Gasteiger partial charge in [-0.05, 0) is 62.5 Å². The van der Waals surface area contributed by atoms with Crippen molar-refractivity contribution in [3.8, 4) is 5.75 Å². The van der Waals surface area contributed by atoms with Gasteiger partial charge in [0.05, 0.1) is 7.11 Å². The Morgan fingerprint density at radius 1 is 1.20 bits per heavy atom. The third-order valence-corrected chi connectivity index (χ3v) is 4.17. The molecule has 0 bridgehead atoms. The molecule has 0 aliphatic rings. The van der Waals surface area contributed by atoms with Crippen molar-refractivity contribution >= 4 is 33.6 Å². The normalized spacial score (nSPS) is 11.1. The summed E-state index contributed by atoms with van der Waals surface area (Å²) in [4.78, 5) is 14.3. The van der Waals surface area contributed by atoms with Gasteiger partial charge in [-0.1, -0.05) is 28.1 Å². The van der Waals surface area contributed by atoms with Crippen LogP contribution >= 0.6 is 15.9 Å². The highest BCUT2D eigenvalue weighted by Gasteiger charge is 2.03. The zero-order chi connectivity index (χ0) is 18.2. The number of anilines is 1. The molecule has 5 heteroatoms. The van der Waals surface area contributed by atoms with Gasteiger partial charge in [-0.15, -0.1) is 0 Å². The number of likely N-dealkylation sites (N-methyl/N-ethyl adjacent to an activating group) is 1. The number of ether oxygens (including phenoxy) is 1. The average Bonchev–Trinajstić information content (AvgIpc) is 2.59. The Labute approximate surface area is 157 Å². The lowest BCUT2D eigenvalue weighted by molar-refractivity contribution is -0.111. The molecule has 0 saturated heterocycles. The van der Waals surface area contributed by atoms with E-state index in [4.69, 9.17) is 4.74 Å². The quantitative estimate of drug-likeness (QED) is 0.705. The maximum Gasteiger partial charge on any atom is 0.248 e. The summed E-state index contributed by atoms with van der Waals surface area (Å²) in [6.45, 7) is 1.00. The van der Waals surface area contributed by atoms with Crippen LogP contribution in [0.4, 0.5) is 5.69 Å². The van der Waals surface area contributed by atoms with Crippen molar-refractivity contribution in [2.75, 3.05) is 33.1 Å². The predicted octanol–water partition coefficient (Wildman–Crippen LogP) is 4.21. The first-order valence-corrected chi connectivity index (χ1v) is 8.83. The number of hydrogen-bond acceptors (Lipinski definition) is 3. The minimum absolute atomic E-state index is 0.178. The molecular formula is C20H23BrN2O2. The minimum Gasteiger partial charge on any atom is -0.496 e. The van der Waals surface area contributed by atoms with Crippen molar-refractivity contribution in [2.45, 2.75) is 6.42 Å². The fourth-order valence-electron chi connectivity index (χ4n) is 2.29. The summed E-state index contributed by atoms with van der Waals surface area (Å²) in [6, 6.07) is 13.6. The van der Waals surface area contributed by atoms with Crippen LogP contribution in [0.3, 0.4) is 0 Å². The molecule has 132 valence electrons. The van der Waals surface area contributed by atoms with E-state index in [2.05, 4.69) is 40.2 Å². The lowest BCUT2D eigenvalue weighted by Crippen LogP contribution is -2.15. The molecule has 0 spiro atoms. The maximum atomic E-state index is 12.1. The second kappa shape index (κ2) is 9.39. The molecule has 0 atom stereocenters. The number of carbonyl (C=O) groups is 1. The summed E-state index contributed by atoms with van der Waals surface area (Å²) in [7, 11) is 5.72. The van der Waals surface area contributed by atoms with Crippen molar-refractivity contribution < 1.29 is 9.53 Å². The van der Waals surface area contributed by atoms with Crippen LogP contribution in [0.5, 0.6) is 5.75 Å². The van der Waals surface area contributed by atoms with Crippen LogP contribution < -0.4 is 10.1 Å². The van der Waals surface area contributed by atoms with Gasteiger partial charge in [0.2, 0.25) is 5.91 Å². The average molecular weight is 403 g/mol. The Morgan fingerprint density at radius 2 is 1.92 bits per heavy atom. The fraction of sp³-hybridized carbons (Fsp3) is 0.250. The van der Waals surface area contributed by atoms with Crippen molar-refractivity contribution in [3.05, 3.63) is 64.1 Å². The molecule has 2 aromatic carbocycles. The van der Waals surface area contributed by atoms with Crippen molar-refractivity contribution in [2.24, 2.45) is 0 Å². The monoisotopic (exact) mass is 402 g/mol. The molecule has 25 heavy (non-hydrogen) atoms. The zero-order valence-corrected chi connectivity index (χ0v) is 16.3. The molecule has 0 aliphatic carbocycles. The van der Waals surface area contributed by atoms with Crippen LogP contribution in [-0.4, -0.2) is 38.6 Å². The van der Waals surface area contributed by atoms with Gasteiger partial charge in [-0.2, -0.15) is 0 Å². The summed E-state index contributed by atoms with van der Waals surface area (Å²) < 4.78 is 6.23. The second-order valence-electron chi connectivity index (χ2n) is 5.96. The second-order valence-corrected chi connectivity index (χ2v) is 6.87. The van der Waals surface area contributed by atoms with Crippen LogP contribution in [0.15, 0.2) is 53.0 Å². The van der Waals surface area contributed by atoms with Crippen LogP contribution in [-0.2, 0) is 11.2 Å². The number of hydrogen-bond donors (Lipinski definition) is 1. The molecular weight excluding hydrogens is 380 g/mol. The van der Waals surface area contributed by atoms with Gasteiger partial charge < -0.3 is 15.0 Å². The molecule has 1 N–H and O–H groups in total. The Morgan fingerprint density at radius 3 is 2.56 bits per heavy atom. The van der Waals surface area contributed by atoms with Crippen LogP contribution in [0.2, 0.25) is 0 Å². The van der Waals surface area contributed by atoms with E-state index < -0.39 is 0 Å². The topological polar surface area (TPSA) is 41.6 Å². The standard InChI is InChI=1S/C20H23BrN2O2/c1-23(2)13-12-15-4-8-18(9-5-15)22-20(24)11-6-16-14-17(21)7-10-19(16)25-3/h4-11,14H,12-13H2,1-3H3,(H,22,24)/b11-6+. The van der Waals surface area contributed by atoms with Crippen LogP contribution in [0, 0.1) is 0 Å². The number of methoxy groups -OCH3 is 1. The van der Waals surface area contributed by atoms with E-state index in [9.17, 15) is 4.79 Å². The van der Waals surface area contributed by atoms with Gasteiger partial charge in [0.15, 0.2) is 0 Å². The number of nitrogens with zero attached hydrogens (tertiary/aromatic N) is 1. The predicted molar refractivity (Wildman–Crippen MR) is 107 cm³/mol. The van der Waals surface area contributed by atoms with Gasteiger partial charge in [-0.25, -0.2) is 0 Å². The summed E-state index contributed by atoms with van der Waals surface area (Å²) in [5, 5.41) is 2.87. The molecule has 2 aromatic rings. The maximum absolute atomic E-state index is 12.1. The van der Waals surface area contributed by atoms with Crippen molar-refractivity contribution in [1.29, 1.82) is 0 Å². The highest BCUT2D eigenvalue weighted by atomic mass is 79.9. The van der Waals surface area contributed by atoms with E-state index in [1.807, 2.05) is 42.5 Å². The Hall–Kier alpha value is -2.11. The minimum atomic E-state index is -0.178. The van der Waals surface area contributed by atoms with Gasteiger partial charge in [0.1, 0.15) is 5.75 Å². The first-order chi connectivity index (χ1) is 12.0. The number of amides is 1. The molecule has 1 amide bonds. The lowest BCUT2D eigenvalue weighted by Gasteiger charge is -2.09. The molecule has 0 heterocycles. The summed E-state index contributed by atoms with van der Waals surface area (Å²) in [5.41, 5.74) is 2.87. The fourth-order valence-corrected chi connectivity index (χ4v) is 2.67.